The zero-order chi connectivity index (χ0) is 21.8. The highest BCUT2D eigenvalue weighted by atomic mass is 32.2. The first-order chi connectivity index (χ1) is 14.1. The third-order valence-electron chi connectivity index (χ3n) is 4.71. The molecule has 3 rings (SSSR count). The van der Waals surface area contributed by atoms with E-state index in [1.165, 1.54) is 17.7 Å². The Balaban J connectivity index is 1.68. The Morgan fingerprint density at radius 2 is 1.53 bits per heavy atom. The summed E-state index contributed by atoms with van der Waals surface area (Å²) in [6.45, 7) is 6.81. The van der Waals surface area contributed by atoms with Crippen molar-refractivity contribution in [1.29, 1.82) is 0 Å². The van der Waals surface area contributed by atoms with Crippen LogP contribution in [0.1, 0.15) is 42.3 Å². The molecule has 0 fully saturated rings. The molecule has 0 unspecified atom stereocenters. The average molecular weight is 423 g/mol. The van der Waals surface area contributed by atoms with Gasteiger partial charge in [0.15, 0.2) is 0 Å². The predicted molar refractivity (Wildman–Crippen MR) is 120 cm³/mol. The Morgan fingerprint density at radius 3 is 2.17 bits per heavy atom. The number of amides is 1. The lowest BCUT2D eigenvalue weighted by molar-refractivity contribution is 0.0950. The third-order valence-corrected chi connectivity index (χ3v) is 6.08. The summed E-state index contributed by atoms with van der Waals surface area (Å²) in [4.78, 5) is 12.6. The molecule has 0 spiro atoms. The second-order valence-corrected chi connectivity index (χ2v) is 9.81. The summed E-state index contributed by atoms with van der Waals surface area (Å²) in [6.07, 6.45) is 0. The van der Waals surface area contributed by atoms with Crippen LogP contribution < -0.4 is 10.0 Å². The van der Waals surface area contributed by atoms with Crippen LogP contribution >= 0.6 is 0 Å². The molecule has 30 heavy (non-hydrogen) atoms. The molecule has 156 valence electrons. The van der Waals surface area contributed by atoms with Crippen LogP contribution in [0.3, 0.4) is 0 Å². The fourth-order valence-corrected chi connectivity index (χ4v) is 4.04. The van der Waals surface area contributed by atoms with Crippen molar-refractivity contribution in [2.45, 2.75) is 37.6 Å². The van der Waals surface area contributed by atoms with Gasteiger partial charge in [0.1, 0.15) is 0 Å². The number of carbonyl (C=O) groups is 1. The predicted octanol–water partition coefficient (Wildman–Crippen LogP) is 4.71. The van der Waals surface area contributed by atoms with E-state index in [0.717, 1.165) is 5.56 Å². The van der Waals surface area contributed by atoms with Crippen LogP contribution in [0, 0.1) is 0 Å². The van der Waals surface area contributed by atoms with Gasteiger partial charge in [0.25, 0.3) is 15.9 Å². The molecular formula is C24H26N2O3S. The SMILES string of the molecule is CC(C)(C)c1ccc(CNC(=O)c2cccc(S(=O)(=O)Nc3ccccc3)c2)cc1. The molecule has 3 aromatic carbocycles. The summed E-state index contributed by atoms with van der Waals surface area (Å²) in [5.74, 6) is -0.327. The molecule has 1 amide bonds. The minimum absolute atomic E-state index is 0.0357. The lowest BCUT2D eigenvalue weighted by Crippen LogP contribution is -2.23. The van der Waals surface area contributed by atoms with Gasteiger partial charge in [-0.2, -0.15) is 0 Å². The van der Waals surface area contributed by atoms with E-state index in [1.54, 1.807) is 42.5 Å². The zero-order valence-electron chi connectivity index (χ0n) is 17.3. The first-order valence-electron chi connectivity index (χ1n) is 9.71. The van der Waals surface area contributed by atoms with Crippen molar-refractivity contribution in [3.63, 3.8) is 0 Å². The summed E-state index contributed by atoms with van der Waals surface area (Å²) in [5.41, 5.74) is 3.03. The van der Waals surface area contributed by atoms with E-state index in [2.05, 4.69) is 42.9 Å². The highest BCUT2D eigenvalue weighted by Gasteiger charge is 2.17. The summed E-state index contributed by atoms with van der Waals surface area (Å²) < 4.78 is 27.8. The molecule has 2 N–H and O–H groups in total. The molecule has 0 bridgehead atoms. The Labute approximate surface area is 178 Å². The standard InChI is InChI=1S/C24H26N2O3S/c1-24(2,3)20-14-12-18(13-15-20)17-25-23(27)19-8-7-11-22(16-19)30(28,29)26-21-9-5-4-6-10-21/h4-16,26H,17H2,1-3H3,(H,25,27). The average Bonchev–Trinajstić information content (AvgIpc) is 2.72. The molecule has 0 saturated heterocycles. The van der Waals surface area contributed by atoms with Gasteiger partial charge < -0.3 is 5.32 Å². The van der Waals surface area contributed by atoms with Crippen LogP contribution in [-0.2, 0) is 22.0 Å². The van der Waals surface area contributed by atoms with Gasteiger partial charge in [-0.15, -0.1) is 0 Å². The lowest BCUT2D eigenvalue weighted by Gasteiger charge is -2.19. The van der Waals surface area contributed by atoms with Crippen molar-refractivity contribution in [2.24, 2.45) is 0 Å². The first kappa shape index (κ1) is 21.6. The van der Waals surface area contributed by atoms with Crippen LogP contribution in [0.15, 0.2) is 83.8 Å². The minimum atomic E-state index is -3.79. The molecular weight excluding hydrogens is 396 g/mol. The Kier molecular flexibility index (Phi) is 6.27. The highest BCUT2D eigenvalue weighted by Crippen LogP contribution is 2.22. The van der Waals surface area contributed by atoms with E-state index in [0.29, 0.717) is 12.2 Å². The smallest absolute Gasteiger partial charge is 0.261 e. The quantitative estimate of drug-likeness (QED) is 0.604. The van der Waals surface area contributed by atoms with Crippen LogP contribution in [-0.4, -0.2) is 14.3 Å². The number of sulfonamides is 1. The van der Waals surface area contributed by atoms with Crippen molar-refractivity contribution in [1.82, 2.24) is 5.32 Å². The van der Waals surface area contributed by atoms with Gasteiger partial charge in [0, 0.05) is 17.8 Å². The van der Waals surface area contributed by atoms with Crippen LogP contribution in [0.2, 0.25) is 0 Å². The number of nitrogens with one attached hydrogen (secondary N) is 2. The van der Waals surface area contributed by atoms with Gasteiger partial charge in [-0.3, -0.25) is 9.52 Å². The summed E-state index contributed by atoms with van der Waals surface area (Å²) >= 11 is 0. The van der Waals surface area contributed by atoms with Crippen LogP contribution in [0.5, 0.6) is 0 Å². The Hall–Kier alpha value is -3.12. The maximum Gasteiger partial charge on any atom is 0.261 e. The lowest BCUT2D eigenvalue weighted by atomic mass is 9.87. The number of para-hydroxylation sites is 1. The van der Waals surface area contributed by atoms with E-state index in [1.807, 2.05) is 12.1 Å². The molecule has 0 aromatic heterocycles. The van der Waals surface area contributed by atoms with E-state index in [9.17, 15) is 13.2 Å². The molecule has 0 heterocycles. The highest BCUT2D eigenvalue weighted by molar-refractivity contribution is 7.92. The van der Waals surface area contributed by atoms with Gasteiger partial charge in [-0.25, -0.2) is 8.42 Å². The molecule has 5 nitrogen and oxygen atoms in total. The fourth-order valence-electron chi connectivity index (χ4n) is 2.93. The Bertz CT molecular complexity index is 1120. The minimum Gasteiger partial charge on any atom is -0.348 e. The fraction of sp³-hybridized carbons (Fsp3) is 0.208. The summed E-state index contributed by atoms with van der Waals surface area (Å²) in [7, 11) is -3.79. The monoisotopic (exact) mass is 422 g/mol. The number of benzene rings is 3. The van der Waals surface area contributed by atoms with Crippen molar-refractivity contribution in [3.05, 3.63) is 95.6 Å². The maximum absolute atomic E-state index is 12.6. The number of carbonyl (C=O) groups excluding carboxylic acids is 1. The number of hydrogen-bond acceptors (Lipinski definition) is 3. The van der Waals surface area contributed by atoms with Crippen molar-refractivity contribution in [3.8, 4) is 0 Å². The second kappa shape index (κ2) is 8.71. The molecule has 0 aliphatic rings. The topological polar surface area (TPSA) is 75.3 Å². The number of hydrogen-bond donors (Lipinski definition) is 2. The van der Waals surface area contributed by atoms with E-state index < -0.39 is 10.0 Å². The molecule has 0 aliphatic heterocycles. The van der Waals surface area contributed by atoms with Gasteiger partial charge >= 0.3 is 0 Å². The van der Waals surface area contributed by atoms with Crippen LogP contribution in [0.25, 0.3) is 0 Å². The van der Waals surface area contributed by atoms with Crippen molar-refractivity contribution < 1.29 is 13.2 Å². The molecule has 0 saturated carbocycles. The number of rotatable bonds is 6. The maximum atomic E-state index is 12.6. The first-order valence-corrected chi connectivity index (χ1v) is 11.2. The van der Waals surface area contributed by atoms with Gasteiger partial charge in [0.05, 0.1) is 4.90 Å². The summed E-state index contributed by atoms with van der Waals surface area (Å²) in [5, 5.41) is 2.85. The molecule has 6 heteroatoms. The van der Waals surface area contributed by atoms with E-state index in [-0.39, 0.29) is 21.8 Å². The number of anilines is 1. The normalized spacial score (nSPS) is 11.7. The Morgan fingerprint density at radius 1 is 0.867 bits per heavy atom. The van der Waals surface area contributed by atoms with Gasteiger partial charge in [0.2, 0.25) is 0 Å². The van der Waals surface area contributed by atoms with Crippen molar-refractivity contribution in [2.75, 3.05) is 4.72 Å². The zero-order valence-corrected chi connectivity index (χ0v) is 18.2. The molecule has 0 aliphatic carbocycles. The second-order valence-electron chi connectivity index (χ2n) is 8.13. The van der Waals surface area contributed by atoms with Gasteiger partial charge in [-0.05, 0) is 46.9 Å². The van der Waals surface area contributed by atoms with E-state index >= 15 is 0 Å². The molecule has 0 atom stereocenters. The third kappa shape index (κ3) is 5.48. The molecule has 3 aromatic rings. The van der Waals surface area contributed by atoms with Crippen molar-refractivity contribution >= 4 is 21.6 Å². The van der Waals surface area contributed by atoms with E-state index in [4.69, 9.17) is 0 Å². The van der Waals surface area contributed by atoms with Crippen LogP contribution in [0.4, 0.5) is 5.69 Å². The largest absolute Gasteiger partial charge is 0.348 e. The summed E-state index contributed by atoms with van der Waals surface area (Å²) in [6, 6.07) is 22.7. The van der Waals surface area contributed by atoms with Gasteiger partial charge in [-0.1, -0.05) is 69.3 Å². The molecule has 0 radical (unpaired) electrons.